The molecule has 10 nitrogen and oxygen atoms in total. The van der Waals surface area contributed by atoms with Crippen LogP contribution in [0.15, 0.2) is 48.5 Å². The van der Waals surface area contributed by atoms with Crippen molar-refractivity contribution in [2.24, 2.45) is 5.73 Å². The lowest BCUT2D eigenvalue weighted by Gasteiger charge is -2.17. The lowest BCUT2D eigenvalue weighted by atomic mass is 10.1. The molecule has 0 aliphatic heterocycles. The average molecular weight is 771 g/mol. The van der Waals surface area contributed by atoms with Crippen LogP contribution in [-0.2, 0) is 31.0 Å². The molecule has 5 N–H and O–H groups in total. The maximum atomic E-state index is 14.2. The first-order valence-corrected chi connectivity index (χ1v) is 18.6. The standard InChI is InChI=1S/C23H25F5N2O4S.C9H12F2N2O2S/c1-5-13(2)34-20-12-17(23(26,27)28)8-6-15(20)7-9-21(31)29-14(3)16-10-18(24)22(19(25)11-16)30-35(4,32)33;1-5(12)6-3-7(10)9(8(11)4-6)13-16(2,14)15/h6-14,30H,5H2,1-4H3,(H,29,31);3-5,13H,12H2,1-2H3. The predicted molar refractivity (Wildman–Crippen MR) is 180 cm³/mol. The van der Waals surface area contributed by atoms with E-state index in [1.165, 1.54) is 19.1 Å². The summed E-state index contributed by atoms with van der Waals surface area (Å²) in [7, 11) is -7.63. The van der Waals surface area contributed by atoms with Crippen molar-refractivity contribution in [1.82, 2.24) is 5.32 Å². The highest BCUT2D eigenvalue weighted by Crippen LogP contribution is 2.34. The minimum Gasteiger partial charge on any atom is -0.490 e. The van der Waals surface area contributed by atoms with Crippen molar-refractivity contribution in [2.75, 3.05) is 22.0 Å². The molecule has 0 fully saturated rings. The van der Waals surface area contributed by atoms with Crippen LogP contribution in [0.2, 0.25) is 0 Å². The van der Waals surface area contributed by atoms with E-state index < -0.39 is 84.4 Å². The van der Waals surface area contributed by atoms with Crippen LogP contribution < -0.4 is 25.2 Å². The number of nitrogens with two attached hydrogens (primary N) is 1. The molecule has 282 valence electrons. The van der Waals surface area contributed by atoms with Crippen LogP contribution in [-0.4, -0.2) is 41.4 Å². The Hall–Kier alpha value is -4.36. The number of rotatable bonds is 12. The Labute approximate surface area is 291 Å². The van der Waals surface area contributed by atoms with E-state index in [9.17, 15) is 52.4 Å². The summed E-state index contributed by atoms with van der Waals surface area (Å²) >= 11 is 0. The molecule has 0 saturated heterocycles. The first-order chi connectivity index (χ1) is 23.3. The SMILES string of the molecule is CC(N)c1cc(F)c(NS(C)(=O)=O)c(F)c1.CCC(C)Oc1cc(C(F)(F)F)ccc1C=CC(=O)NC(C)c1cc(F)c(NS(C)(=O)=O)c(F)c1. The molecule has 0 aliphatic carbocycles. The molecule has 0 radical (unpaired) electrons. The molecule has 51 heavy (non-hydrogen) atoms. The second-order valence-corrected chi connectivity index (χ2v) is 14.9. The van der Waals surface area contributed by atoms with Gasteiger partial charge in [0.2, 0.25) is 26.0 Å². The second-order valence-electron chi connectivity index (χ2n) is 11.4. The summed E-state index contributed by atoms with van der Waals surface area (Å²) < 4.78 is 148. The van der Waals surface area contributed by atoms with E-state index in [2.05, 4.69) is 5.32 Å². The van der Waals surface area contributed by atoms with Gasteiger partial charge >= 0.3 is 6.18 Å². The van der Waals surface area contributed by atoms with Gasteiger partial charge in [-0.15, -0.1) is 0 Å². The van der Waals surface area contributed by atoms with E-state index in [1.807, 2.05) is 0 Å². The van der Waals surface area contributed by atoms with E-state index >= 15 is 0 Å². The lowest BCUT2D eigenvalue weighted by molar-refractivity contribution is -0.137. The van der Waals surface area contributed by atoms with Crippen molar-refractivity contribution < 1.29 is 57.1 Å². The van der Waals surface area contributed by atoms with Crippen LogP contribution in [0.3, 0.4) is 0 Å². The highest BCUT2D eigenvalue weighted by Gasteiger charge is 2.31. The lowest BCUT2D eigenvalue weighted by Crippen LogP contribution is -2.25. The first kappa shape index (κ1) is 42.8. The van der Waals surface area contributed by atoms with Gasteiger partial charge < -0.3 is 15.8 Å². The van der Waals surface area contributed by atoms with Crippen LogP contribution >= 0.6 is 0 Å². The molecule has 1 amide bonds. The van der Waals surface area contributed by atoms with Gasteiger partial charge in [0.05, 0.1) is 30.2 Å². The smallest absolute Gasteiger partial charge is 0.416 e. The van der Waals surface area contributed by atoms with E-state index in [0.29, 0.717) is 6.42 Å². The number of carbonyl (C=O) groups is 1. The number of carbonyl (C=O) groups excluding carboxylic acids is 1. The van der Waals surface area contributed by atoms with Gasteiger partial charge in [0, 0.05) is 17.7 Å². The minimum absolute atomic E-state index is 0.0242. The molecule has 0 spiro atoms. The zero-order chi connectivity index (χ0) is 39.1. The topological polar surface area (TPSA) is 157 Å². The molecular weight excluding hydrogens is 733 g/mol. The maximum Gasteiger partial charge on any atom is 0.416 e. The molecule has 0 saturated carbocycles. The third-order valence-corrected chi connectivity index (χ3v) is 7.90. The van der Waals surface area contributed by atoms with Gasteiger partial charge in [-0.1, -0.05) is 13.0 Å². The van der Waals surface area contributed by atoms with E-state index in [-0.39, 0.29) is 28.5 Å². The monoisotopic (exact) mass is 770 g/mol. The van der Waals surface area contributed by atoms with Crippen LogP contribution in [0, 0.1) is 23.3 Å². The number of alkyl halides is 3. The summed E-state index contributed by atoms with van der Waals surface area (Å²) in [5.41, 5.74) is 3.54. The molecule has 0 aromatic heterocycles. The highest BCUT2D eigenvalue weighted by molar-refractivity contribution is 7.92. The minimum atomic E-state index is -4.57. The third kappa shape index (κ3) is 13.7. The molecule has 3 aromatic carbocycles. The summed E-state index contributed by atoms with van der Waals surface area (Å²) in [6, 6.07) is 5.22. The molecule has 3 atom stereocenters. The molecule has 3 aromatic rings. The van der Waals surface area contributed by atoms with Gasteiger partial charge in [-0.2, -0.15) is 13.2 Å². The van der Waals surface area contributed by atoms with Crippen molar-refractivity contribution in [3.63, 3.8) is 0 Å². The summed E-state index contributed by atoms with van der Waals surface area (Å²) in [5.74, 6) is -5.05. The van der Waals surface area contributed by atoms with Crippen molar-refractivity contribution in [1.29, 1.82) is 0 Å². The van der Waals surface area contributed by atoms with Crippen LogP contribution in [0.25, 0.3) is 6.08 Å². The number of nitrogens with one attached hydrogen (secondary N) is 3. The van der Waals surface area contributed by atoms with E-state index in [1.54, 1.807) is 30.2 Å². The van der Waals surface area contributed by atoms with Gasteiger partial charge in [-0.3, -0.25) is 14.2 Å². The van der Waals surface area contributed by atoms with E-state index in [4.69, 9.17) is 10.5 Å². The quantitative estimate of drug-likeness (QED) is 0.117. The first-order valence-electron chi connectivity index (χ1n) is 14.9. The normalized spacial score (nSPS) is 13.8. The number of hydrogen-bond donors (Lipinski definition) is 4. The van der Waals surface area contributed by atoms with Crippen molar-refractivity contribution in [2.45, 2.75) is 58.5 Å². The molecule has 3 rings (SSSR count). The second kappa shape index (κ2) is 17.2. The fourth-order valence-corrected chi connectivity index (χ4v) is 5.16. The molecule has 3 unspecified atom stereocenters. The molecule has 19 heteroatoms. The molecular formula is C32H37F7N4O6S2. The predicted octanol–water partition coefficient (Wildman–Crippen LogP) is 6.78. The highest BCUT2D eigenvalue weighted by atomic mass is 32.2. The number of anilines is 2. The number of ether oxygens (including phenoxy) is 1. The zero-order valence-corrected chi connectivity index (χ0v) is 29.8. The fraction of sp³-hybridized carbons (Fsp3) is 0.344. The Balaban J connectivity index is 0.000000469. The third-order valence-electron chi connectivity index (χ3n) is 6.75. The number of halogens is 7. The van der Waals surface area contributed by atoms with Crippen LogP contribution in [0.5, 0.6) is 5.75 Å². The molecule has 0 bridgehead atoms. The summed E-state index contributed by atoms with van der Waals surface area (Å²) in [4.78, 5) is 12.3. The Morgan fingerprint density at radius 1 is 0.824 bits per heavy atom. The van der Waals surface area contributed by atoms with Crippen LogP contribution in [0.4, 0.5) is 42.1 Å². The Kier molecular flexibility index (Phi) is 14.5. The number of hydrogen-bond acceptors (Lipinski definition) is 7. The maximum absolute atomic E-state index is 14.2. The largest absolute Gasteiger partial charge is 0.490 e. The fourth-order valence-electron chi connectivity index (χ4n) is 4.02. The Morgan fingerprint density at radius 3 is 1.67 bits per heavy atom. The van der Waals surface area contributed by atoms with E-state index in [0.717, 1.165) is 55.0 Å². The average Bonchev–Trinajstić information content (AvgIpc) is 2.98. The Morgan fingerprint density at radius 2 is 1.27 bits per heavy atom. The van der Waals surface area contributed by atoms with Crippen LogP contribution in [0.1, 0.15) is 68.5 Å². The van der Waals surface area contributed by atoms with Gasteiger partial charge in [0.25, 0.3) is 0 Å². The Bertz CT molecular complexity index is 1930. The number of amides is 1. The number of benzene rings is 3. The van der Waals surface area contributed by atoms with Crippen molar-refractivity contribution >= 4 is 43.4 Å². The molecule has 0 aliphatic rings. The van der Waals surface area contributed by atoms with Gasteiger partial charge in [-0.05, 0) is 80.8 Å². The zero-order valence-electron chi connectivity index (χ0n) is 28.1. The van der Waals surface area contributed by atoms with Gasteiger partial charge in [0.15, 0.2) is 23.3 Å². The summed E-state index contributed by atoms with van der Waals surface area (Å²) in [6.07, 6.45) is -0.530. The van der Waals surface area contributed by atoms with Gasteiger partial charge in [-0.25, -0.2) is 34.4 Å². The van der Waals surface area contributed by atoms with Crippen molar-refractivity contribution in [3.8, 4) is 5.75 Å². The van der Waals surface area contributed by atoms with Gasteiger partial charge in [0.1, 0.15) is 17.1 Å². The van der Waals surface area contributed by atoms with Crippen molar-refractivity contribution in [3.05, 3.63) is 94.1 Å². The molecule has 0 heterocycles. The summed E-state index contributed by atoms with van der Waals surface area (Å²) in [5, 5.41) is 2.48. The number of sulfonamides is 2. The summed E-state index contributed by atoms with van der Waals surface area (Å²) in [6.45, 7) is 6.51.